The second-order valence-corrected chi connectivity index (χ2v) is 7.92. The number of benzene rings is 2. The van der Waals surface area contributed by atoms with Gasteiger partial charge in [-0.3, -0.25) is 0 Å². The van der Waals surface area contributed by atoms with Crippen LogP contribution in [0.3, 0.4) is 0 Å². The van der Waals surface area contributed by atoms with E-state index in [0.717, 1.165) is 22.3 Å². The standard InChI is InChI=1S/C23H24O2.CH4/c1-22(13-11-16-7-3-5-9-18(16)20(22)24)15-23(2)14-12-17-8-4-6-10-19(17)21(23)25;/h3-14,20-21,24-25H,15H2,1-2H3;1H4. The number of hydrogen-bond donors (Lipinski definition) is 2. The number of fused-ring (bicyclic) bond motifs is 2. The van der Waals surface area contributed by atoms with Crippen LogP contribution < -0.4 is 0 Å². The summed E-state index contributed by atoms with van der Waals surface area (Å²) in [5.74, 6) is 0. The molecule has 0 spiro atoms. The van der Waals surface area contributed by atoms with Crippen molar-refractivity contribution >= 4 is 12.2 Å². The van der Waals surface area contributed by atoms with Crippen molar-refractivity contribution < 1.29 is 10.2 Å². The maximum absolute atomic E-state index is 11.1. The molecule has 0 aliphatic heterocycles. The normalized spacial score (nSPS) is 31.7. The molecule has 2 aliphatic carbocycles. The van der Waals surface area contributed by atoms with E-state index in [1.54, 1.807) is 0 Å². The Balaban J connectivity index is 0.00000196. The van der Waals surface area contributed by atoms with Crippen LogP contribution in [0.5, 0.6) is 0 Å². The molecule has 0 aromatic heterocycles. The average molecular weight is 348 g/mol. The van der Waals surface area contributed by atoms with E-state index in [4.69, 9.17) is 0 Å². The molecule has 2 N–H and O–H groups in total. The molecule has 4 unspecified atom stereocenters. The summed E-state index contributed by atoms with van der Waals surface area (Å²) in [5.41, 5.74) is 3.21. The highest BCUT2D eigenvalue weighted by Crippen LogP contribution is 2.53. The van der Waals surface area contributed by atoms with Crippen LogP contribution in [0.25, 0.3) is 12.2 Å². The molecule has 0 saturated heterocycles. The van der Waals surface area contributed by atoms with Crippen LogP contribution >= 0.6 is 0 Å². The minimum atomic E-state index is -0.580. The number of rotatable bonds is 2. The van der Waals surface area contributed by atoms with Gasteiger partial charge in [0, 0.05) is 10.8 Å². The van der Waals surface area contributed by atoms with Crippen LogP contribution in [0.1, 0.15) is 62.2 Å². The van der Waals surface area contributed by atoms with Gasteiger partial charge in [0.25, 0.3) is 0 Å². The summed E-state index contributed by atoms with van der Waals surface area (Å²) in [7, 11) is 0. The van der Waals surface area contributed by atoms with Crippen molar-refractivity contribution in [3.63, 3.8) is 0 Å². The van der Waals surface area contributed by atoms with Gasteiger partial charge >= 0.3 is 0 Å². The van der Waals surface area contributed by atoms with Gasteiger partial charge in [0.1, 0.15) is 0 Å². The molecule has 0 saturated carbocycles. The lowest BCUT2D eigenvalue weighted by atomic mass is 9.62. The Labute approximate surface area is 156 Å². The van der Waals surface area contributed by atoms with Gasteiger partial charge < -0.3 is 10.2 Å². The first-order chi connectivity index (χ1) is 11.9. The third kappa shape index (κ3) is 2.84. The summed E-state index contributed by atoms with van der Waals surface area (Å²) >= 11 is 0. The van der Waals surface area contributed by atoms with E-state index in [1.165, 1.54) is 0 Å². The summed E-state index contributed by atoms with van der Waals surface area (Å²) in [6.07, 6.45) is 7.90. The Hall–Kier alpha value is -2.16. The van der Waals surface area contributed by atoms with Crippen LogP contribution in [-0.4, -0.2) is 10.2 Å². The maximum atomic E-state index is 11.1. The zero-order valence-electron chi connectivity index (χ0n) is 14.7. The van der Waals surface area contributed by atoms with Crippen LogP contribution in [0, 0.1) is 10.8 Å². The average Bonchev–Trinajstić information content (AvgIpc) is 2.62. The molecule has 0 heterocycles. The van der Waals surface area contributed by atoms with Crippen molar-refractivity contribution in [1.82, 2.24) is 0 Å². The Kier molecular flexibility index (Phi) is 4.68. The van der Waals surface area contributed by atoms with Gasteiger partial charge in [0.15, 0.2) is 0 Å². The topological polar surface area (TPSA) is 40.5 Å². The summed E-state index contributed by atoms with van der Waals surface area (Å²) in [4.78, 5) is 0. The highest BCUT2D eigenvalue weighted by molar-refractivity contribution is 5.61. The maximum Gasteiger partial charge on any atom is 0.0884 e. The minimum absolute atomic E-state index is 0. The van der Waals surface area contributed by atoms with Gasteiger partial charge in [0.05, 0.1) is 12.2 Å². The lowest BCUT2D eigenvalue weighted by Gasteiger charge is -2.45. The summed E-state index contributed by atoms with van der Waals surface area (Å²) in [6.45, 7) is 4.16. The van der Waals surface area contributed by atoms with Crippen molar-refractivity contribution in [2.75, 3.05) is 0 Å². The first-order valence-corrected chi connectivity index (χ1v) is 8.85. The fraction of sp³-hybridized carbons (Fsp3) is 0.333. The van der Waals surface area contributed by atoms with Gasteiger partial charge in [-0.2, -0.15) is 0 Å². The van der Waals surface area contributed by atoms with Crippen LogP contribution in [0.4, 0.5) is 0 Å². The second kappa shape index (κ2) is 6.53. The predicted molar refractivity (Wildman–Crippen MR) is 108 cm³/mol. The van der Waals surface area contributed by atoms with Crippen molar-refractivity contribution in [2.24, 2.45) is 10.8 Å². The van der Waals surface area contributed by atoms with E-state index < -0.39 is 23.0 Å². The molecule has 26 heavy (non-hydrogen) atoms. The lowest BCUT2D eigenvalue weighted by Crippen LogP contribution is -2.36. The van der Waals surface area contributed by atoms with Crippen LogP contribution in [-0.2, 0) is 0 Å². The van der Waals surface area contributed by atoms with Crippen molar-refractivity contribution in [3.8, 4) is 0 Å². The molecule has 0 amide bonds. The first kappa shape index (κ1) is 18.6. The molecule has 2 aromatic rings. The van der Waals surface area contributed by atoms with E-state index >= 15 is 0 Å². The number of hydrogen-bond acceptors (Lipinski definition) is 2. The van der Waals surface area contributed by atoms with Crippen molar-refractivity contribution in [2.45, 2.75) is 39.9 Å². The Morgan fingerprint density at radius 3 is 1.54 bits per heavy atom. The van der Waals surface area contributed by atoms with Gasteiger partial charge in [-0.25, -0.2) is 0 Å². The fourth-order valence-electron chi connectivity index (χ4n) is 4.41. The molecular weight excluding hydrogens is 320 g/mol. The van der Waals surface area contributed by atoms with E-state index in [0.29, 0.717) is 6.42 Å². The van der Waals surface area contributed by atoms with Gasteiger partial charge in [0.2, 0.25) is 0 Å². The monoisotopic (exact) mass is 348 g/mol. The van der Waals surface area contributed by atoms with E-state index in [-0.39, 0.29) is 7.43 Å². The molecule has 0 radical (unpaired) electrons. The zero-order chi connectivity index (χ0) is 17.7. The fourth-order valence-corrected chi connectivity index (χ4v) is 4.41. The number of aliphatic hydroxyl groups excluding tert-OH is 2. The Morgan fingerprint density at radius 2 is 1.12 bits per heavy atom. The first-order valence-electron chi connectivity index (χ1n) is 8.85. The molecule has 0 bridgehead atoms. The largest absolute Gasteiger partial charge is 0.387 e. The minimum Gasteiger partial charge on any atom is -0.387 e. The quantitative estimate of drug-likeness (QED) is 0.747. The second-order valence-electron chi connectivity index (χ2n) is 7.92. The molecule has 136 valence electrons. The highest BCUT2D eigenvalue weighted by Gasteiger charge is 2.45. The molecule has 4 atom stereocenters. The van der Waals surface area contributed by atoms with E-state index in [1.807, 2.05) is 48.5 Å². The smallest absolute Gasteiger partial charge is 0.0884 e. The molecule has 2 nitrogen and oxygen atoms in total. The van der Waals surface area contributed by atoms with Crippen molar-refractivity contribution in [1.29, 1.82) is 0 Å². The highest BCUT2D eigenvalue weighted by atomic mass is 16.3. The molecule has 0 fully saturated rings. The van der Waals surface area contributed by atoms with Gasteiger partial charge in [-0.1, -0.05) is 94.1 Å². The molecule has 4 rings (SSSR count). The Bertz CT molecular complexity index is 795. The predicted octanol–water partition coefficient (Wildman–Crippen LogP) is 5.55. The molecule has 2 aliphatic rings. The summed E-state index contributed by atoms with van der Waals surface area (Å²) < 4.78 is 0. The lowest BCUT2D eigenvalue weighted by molar-refractivity contribution is -0.00595. The molecule has 2 aromatic carbocycles. The van der Waals surface area contributed by atoms with Crippen LogP contribution in [0.2, 0.25) is 0 Å². The Morgan fingerprint density at radius 1 is 0.731 bits per heavy atom. The summed E-state index contributed by atoms with van der Waals surface area (Å²) in [5, 5.41) is 22.1. The van der Waals surface area contributed by atoms with E-state index in [9.17, 15) is 10.2 Å². The van der Waals surface area contributed by atoms with E-state index in [2.05, 4.69) is 38.2 Å². The third-order valence-electron chi connectivity index (χ3n) is 5.88. The molecule has 2 heteroatoms. The van der Waals surface area contributed by atoms with Gasteiger partial charge in [-0.15, -0.1) is 0 Å². The molecular formula is C24H28O2. The number of aliphatic hydroxyl groups is 2. The third-order valence-corrected chi connectivity index (χ3v) is 5.88. The summed E-state index contributed by atoms with van der Waals surface area (Å²) in [6, 6.07) is 16.0. The van der Waals surface area contributed by atoms with Crippen LogP contribution in [0.15, 0.2) is 60.7 Å². The van der Waals surface area contributed by atoms with Crippen molar-refractivity contribution in [3.05, 3.63) is 82.9 Å². The van der Waals surface area contributed by atoms with Gasteiger partial charge in [-0.05, 0) is 28.7 Å². The zero-order valence-corrected chi connectivity index (χ0v) is 14.7. The SMILES string of the molecule is C.CC1(CC2(C)C=Cc3ccccc3C2O)C=Cc2ccccc2C1O.